The van der Waals surface area contributed by atoms with E-state index in [1.165, 1.54) is 11.0 Å². The highest BCUT2D eigenvalue weighted by Crippen LogP contribution is 2.31. The van der Waals surface area contributed by atoms with Crippen molar-refractivity contribution in [1.29, 1.82) is 0 Å². The average molecular weight is 454 g/mol. The van der Waals surface area contributed by atoms with Crippen LogP contribution >= 0.6 is 0 Å². The van der Waals surface area contributed by atoms with Crippen LogP contribution in [0.2, 0.25) is 0 Å². The summed E-state index contributed by atoms with van der Waals surface area (Å²) in [6.45, 7) is 1.98. The Labute approximate surface area is 185 Å². The highest BCUT2D eigenvalue weighted by molar-refractivity contribution is 7.89. The third-order valence-corrected chi connectivity index (χ3v) is 6.76. The molecule has 4 N–H and O–H groups in total. The lowest BCUT2D eigenvalue weighted by molar-refractivity contribution is -0.119. The van der Waals surface area contributed by atoms with E-state index < -0.39 is 27.9 Å². The number of hydrogen-bond acceptors (Lipinski definition) is 5. The van der Waals surface area contributed by atoms with Gasteiger partial charge < -0.3 is 15.3 Å². The summed E-state index contributed by atoms with van der Waals surface area (Å²) in [4.78, 5) is 27.5. The molecule has 0 saturated carbocycles. The number of hydrogen-bond donors (Lipinski definition) is 3. The molecule has 2 amide bonds. The summed E-state index contributed by atoms with van der Waals surface area (Å²) in [6.07, 6.45) is 1.09. The standard InChI is InChI=1S/C23H23N3O5S/c1-14-8-10-16(13-20(14)32(24,30)31)25-22(28)19-7-4-12-26(19)23(29)18-11-9-15-5-2-3-6-17(15)21(18)27/h2-3,5-6,8-11,13,19,27H,4,7,12H2,1H3,(H,25,28)(H2,24,30,31). The van der Waals surface area contributed by atoms with Crippen LogP contribution in [0.3, 0.4) is 0 Å². The van der Waals surface area contributed by atoms with Crippen molar-refractivity contribution in [2.75, 3.05) is 11.9 Å². The van der Waals surface area contributed by atoms with Gasteiger partial charge in [-0.1, -0.05) is 36.4 Å². The van der Waals surface area contributed by atoms with E-state index in [1.807, 2.05) is 12.1 Å². The predicted octanol–water partition coefficient (Wildman–Crippen LogP) is 2.74. The molecule has 1 heterocycles. The topological polar surface area (TPSA) is 130 Å². The fourth-order valence-electron chi connectivity index (χ4n) is 4.07. The zero-order valence-electron chi connectivity index (χ0n) is 17.4. The molecule has 1 saturated heterocycles. The number of likely N-dealkylation sites (tertiary alicyclic amines) is 1. The lowest BCUT2D eigenvalue weighted by atomic mass is 10.0. The minimum Gasteiger partial charge on any atom is -0.506 e. The SMILES string of the molecule is Cc1ccc(NC(=O)C2CCCN2C(=O)c2ccc3ccccc3c2O)cc1S(N)(=O)=O. The lowest BCUT2D eigenvalue weighted by Crippen LogP contribution is -2.43. The summed E-state index contributed by atoms with van der Waals surface area (Å²) in [5.41, 5.74) is 0.877. The molecule has 1 atom stereocenters. The number of nitrogens with one attached hydrogen (secondary N) is 1. The molecule has 0 aliphatic carbocycles. The van der Waals surface area contributed by atoms with Gasteiger partial charge in [0, 0.05) is 17.6 Å². The quantitative estimate of drug-likeness (QED) is 0.559. The van der Waals surface area contributed by atoms with Crippen LogP contribution < -0.4 is 10.5 Å². The molecule has 0 spiro atoms. The molecule has 0 radical (unpaired) electrons. The maximum atomic E-state index is 13.2. The van der Waals surface area contributed by atoms with Gasteiger partial charge in [-0.15, -0.1) is 0 Å². The van der Waals surface area contributed by atoms with E-state index in [1.54, 1.807) is 43.3 Å². The van der Waals surface area contributed by atoms with Crippen molar-refractivity contribution in [1.82, 2.24) is 4.90 Å². The Morgan fingerprint density at radius 2 is 1.88 bits per heavy atom. The molecule has 4 rings (SSSR count). The summed E-state index contributed by atoms with van der Waals surface area (Å²) >= 11 is 0. The van der Waals surface area contributed by atoms with E-state index >= 15 is 0 Å². The average Bonchev–Trinajstić information content (AvgIpc) is 3.24. The first-order valence-electron chi connectivity index (χ1n) is 10.1. The minimum atomic E-state index is -3.94. The number of carbonyl (C=O) groups excluding carboxylic acids is 2. The van der Waals surface area contributed by atoms with Crippen LogP contribution in [0.5, 0.6) is 5.75 Å². The van der Waals surface area contributed by atoms with Crippen molar-refractivity contribution in [2.45, 2.75) is 30.7 Å². The Balaban J connectivity index is 1.58. The lowest BCUT2D eigenvalue weighted by Gasteiger charge is -2.24. The number of sulfonamides is 1. The summed E-state index contributed by atoms with van der Waals surface area (Å²) in [7, 11) is -3.94. The van der Waals surface area contributed by atoms with Gasteiger partial charge >= 0.3 is 0 Å². The summed E-state index contributed by atoms with van der Waals surface area (Å²) in [5, 5.41) is 20.0. The van der Waals surface area contributed by atoms with E-state index in [9.17, 15) is 23.1 Å². The normalized spacial score (nSPS) is 16.3. The third-order valence-electron chi connectivity index (χ3n) is 5.71. The highest BCUT2D eigenvalue weighted by Gasteiger charge is 2.35. The second-order valence-electron chi connectivity index (χ2n) is 7.85. The number of benzene rings is 3. The van der Waals surface area contributed by atoms with Gasteiger partial charge in [-0.25, -0.2) is 13.6 Å². The van der Waals surface area contributed by atoms with E-state index in [2.05, 4.69) is 5.32 Å². The number of phenolic OH excluding ortho intramolecular Hbond substituents is 1. The van der Waals surface area contributed by atoms with Crippen LogP contribution in [0.25, 0.3) is 10.8 Å². The van der Waals surface area contributed by atoms with Gasteiger partial charge in [0.1, 0.15) is 11.8 Å². The number of fused-ring (bicyclic) bond motifs is 1. The van der Waals surface area contributed by atoms with Crippen molar-refractivity contribution in [3.05, 3.63) is 65.7 Å². The van der Waals surface area contributed by atoms with Crippen LogP contribution in [-0.2, 0) is 14.8 Å². The summed E-state index contributed by atoms with van der Waals surface area (Å²) in [5.74, 6) is -0.976. The molecule has 0 aromatic heterocycles. The third kappa shape index (κ3) is 4.04. The van der Waals surface area contributed by atoms with Crippen LogP contribution in [0.15, 0.2) is 59.5 Å². The van der Waals surface area contributed by atoms with Crippen molar-refractivity contribution in [2.24, 2.45) is 5.14 Å². The fraction of sp³-hybridized carbons (Fsp3) is 0.217. The summed E-state index contributed by atoms with van der Waals surface area (Å²) < 4.78 is 23.5. The molecule has 1 aliphatic rings. The maximum absolute atomic E-state index is 13.2. The highest BCUT2D eigenvalue weighted by atomic mass is 32.2. The van der Waals surface area contributed by atoms with Gasteiger partial charge in [0.25, 0.3) is 5.91 Å². The molecule has 1 unspecified atom stereocenters. The maximum Gasteiger partial charge on any atom is 0.258 e. The number of nitrogens with zero attached hydrogens (tertiary/aromatic N) is 1. The molecule has 8 nitrogen and oxygen atoms in total. The molecular formula is C23H23N3O5S. The molecule has 32 heavy (non-hydrogen) atoms. The second-order valence-corrected chi connectivity index (χ2v) is 9.38. The molecule has 166 valence electrons. The van der Waals surface area contributed by atoms with E-state index in [0.717, 1.165) is 5.39 Å². The van der Waals surface area contributed by atoms with Crippen molar-refractivity contribution < 1.29 is 23.1 Å². The number of carbonyl (C=O) groups is 2. The number of rotatable bonds is 4. The molecule has 1 fully saturated rings. The molecule has 9 heteroatoms. The first-order valence-corrected chi connectivity index (χ1v) is 11.7. The van der Waals surface area contributed by atoms with Gasteiger partial charge in [0.2, 0.25) is 15.9 Å². The van der Waals surface area contributed by atoms with E-state index in [0.29, 0.717) is 30.3 Å². The first-order chi connectivity index (χ1) is 15.2. The van der Waals surface area contributed by atoms with Crippen LogP contribution in [0.1, 0.15) is 28.8 Å². The Hall–Kier alpha value is -3.43. The molecule has 3 aromatic rings. The number of phenols is 1. The van der Waals surface area contributed by atoms with Crippen molar-refractivity contribution in [3.8, 4) is 5.75 Å². The van der Waals surface area contributed by atoms with Gasteiger partial charge in [-0.2, -0.15) is 0 Å². The van der Waals surface area contributed by atoms with Gasteiger partial charge in [0.15, 0.2) is 0 Å². The largest absolute Gasteiger partial charge is 0.506 e. The first kappa shape index (κ1) is 21.8. The number of anilines is 1. The predicted molar refractivity (Wildman–Crippen MR) is 121 cm³/mol. The van der Waals surface area contributed by atoms with Crippen LogP contribution in [-0.4, -0.2) is 42.8 Å². The monoisotopic (exact) mass is 453 g/mol. The van der Waals surface area contributed by atoms with Gasteiger partial charge in [-0.05, 0) is 48.9 Å². The number of aromatic hydroxyl groups is 1. The smallest absolute Gasteiger partial charge is 0.258 e. The molecular weight excluding hydrogens is 430 g/mol. The van der Waals surface area contributed by atoms with E-state index in [4.69, 9.17) is 5.14 Å². The Morgan fingerprint density at radius 1 is 1.12 bits per heavy atom. The van der Waals surface area contributed by atoms with Gasteiger partial charge in [-0.3, -0.25) is 9.59 Å². The van der Waals surface area contributed by atoms with E-state index in [-0.39, 0.29) is 21.9 Å². The number of nitrogens with two attached hydrogens (primary N) is 1. The second kappa shape index (κ2) is 8.25. The molecule has 1 aliphatic heterocycles. The van der Waals surface area contributed by atoms with Crippen molar-refractivity contribution in [3.63, 3.8) is 0 Å². The number of aryl methyl sites for hydroxylation is 1. The minimum absolute atomic E-state index is 0.0734. The zero-order valence-corrected chi connectivity index (χ0v) is 18.2. The molecule has 3 aromatic carbocycles. The van der Waals surface area contributed by atoms with Crippen molar-refractivity contribution >= 4 is 38.3 Å². The number of amides is 2. The fourth-order valence-corrected chi connectivity index (χ4v) is 4.88. The molecule has 0 bridgehead atoms. The van der Waals surface area contributed by atoms with Gasteiger partial charge in [0.05, 0.1) is 10.5 Å². The number of primary sulfonamides is 1. The zero-order chi connectivity index (χ0) is 23.0. The van der Waals surface area contributed by atoms with Crippen LogP contribution in [0.4, 0.5) is 5.69 Å². The summed E-state index contributed by atoms with van der Waals surface area (Å²) in [6, 6.07) is 14.2. The van der Waals surface area contributed by atoms with Crippen LogP contribution in [0, 0.1) is 6.92 Å². The Kier molecular flexibility index (Phi) is 5.62. The Morgan fingerprint density at radius 3 is 2.62 bits per heavy atom. The Bertz CT molecular complexity index is 1340.